The number of aliphatic hydroxyl groups is 1. The van der Waals surface area contributed by atoms with Crippen molar-refractivity contribution in [2.75, 3.05) is 6.54 Å². The van der Waals surface area contributed by atoms with Crippen LogP contribution in [0.25, 0.3) is 10.9 Å². The first-order valence-electron chi connectivity index (χ1n) is 12.8. The van der Waals surface area contributed by atoms with Crippen LogP contribution in [-0.4, -0.2) is 39.5 Å². The number of nitrogens with one attached hydrogen (secondary N) is 1. The molecule has 1 aliphatic heterocycles. The molecule has 2 heterocycles. The lowest BCUT2D eigenvalue weighted by atomic mass is 9.89. The molecule has 1 fully saturated rings. The lowest BCUT2D eigenvalue weighted by Gasteiger charge is -2.42. The van der Waals surface area contributed by atoms with Gasteiger partial charge in [0.2, 0.25) is 0 Å². The molecule has 0 radical (unpaired) electrons. The molecule has 0 aliphatic carbocycles. The standard InChI is InChI=1S/C31H32ClN3O2/c1-20-15-21(2)17-24(16-20)31(37)35-14-12-26(18-29(35)30(36)22-7-9-25(32)10-8-22)34-19-23-11-13-33-28-6-4-3-5-27(23)28/h3-11,13,15-17,26,29-30,34,36H,12,14,18-19H2,1-2H3. The van der Waals surface area contributed by atoms with Gasteiger partial charge in [-0.2, -0.15) is 0 Å². The highest BCUT2D eigenvalue weighted by Crippen LogP contribution is 2.31. The van der Waals surface area contributed by atoms with E-state index in [0.29, 0.717) is 30.1 Å². The fourth-order valence-electron chi connectivity index (χ4n) is 5.44. The van der Waals surface area contributed by atoms with Crippen molar-refractivity contribution in [2.24, 2.45) is 0 Å². The zero-order chi connectivity index (χ0) is 25.9. The summed E-state index contributed by atoms with van der Waals surface area (Å²) in [5.74, 6) is -0.0385. The van der Waals surface area contributed by atoms with Gasteiger partial charge >= 0.3 is 0 Å². The zero-order valence-electron chi connectivity index (χ0n) is 21.2. The van der Waals surface area contributed by atoms with Crippen molar-refractivity contribution in [1.29, 1.82) is 0 Å². The highest BCUT2D eigenvalue weighted by atomic mass is 35.5. The maximum atomic E-state index is 13.7. The fourth-order valence-corrected chi connectivity index (χ4v) is 5.57. The number of benzene rings is 3. The predicted octanol–water partition coefficient (Wildman–Crippen LogP) is 6.00. The zero-order valence-corrected chi connectivity index (χ0v) is 21.9. The molecule has 190 valence electrons. The van der Waals surface area contributed by atoms with Gasteiger partial charge in [-0.05, 0) is 74.2 Å². The Balaban J connectivity index is 1.38. The second-order valence-electron chi connectivity index (χ2n) is 10.0. The van der Waals surface area contributed by atoms with E-state index in [1.807, 2.05) is 73.5 Å². The Labute approximate surface area is 223 Å². The Kier molecular flexibility index (Phi) is 7.56. The number of amides is 1. The molecule has 0 saturated carbocycles. The van der Waals surface area contributed by atoms with Crippen molar-refractivity contribution in [1.82, 2.24) is 15.2 Å². The number of hydrogen-bond acceptors (Lipinski definition) is 4. The summed E-state index contributed by atoms with van der Waals surface area (Å²) >= 11 is 6.09. The Morgan fingerprint density at radius 2 is 1.81 bits per heavy atom. The van der Waals surface area contributed by atoms with Crippen molar-refractivity contribution in [3.05, 3.63) is 112 Å². The number of carbonyl (C=O) groups excluding carboxylic acids is 1. The van der Waals surface area contributed by atoms with Crippen LogP contribution < -0.4 is 5.32 Å². The molecular weight excluding hydrogens is 482 g/mol. The van der Waals surface area contributed by atoms with E-state index in [1.165, 1.54) is 5.56 Å². The van der Waals surface area contributed by atoms with E-state index in [4.69, 9.17) is 11.6 Å². The number of aliphatic hydroxyl groups excluding tert-OH is 1. The van der Waals surface area contributed by atoms with Crippen molar-refractivity contribution in [2.45, 2.75) is 51.4 Å². The van der Waals surface area contributed by atoms with E-state index in [0.717, 1.165) is 34.0 Å². The van der Waals surface area contributed by atoms with Gasteiger partial charge in [0.1, 0.15) is 0 Å². The van der Waals surface area contributed by atoms with Gasteiger partial charge in [0, 0.05) is 41.3 Å². The van der Waals surface area contributed by atoms with E-state index in [-0.39, 0.29) is 18.0 Å². The number of likely N-dealkylation sites (tertiary alicyclic amines) is 1. The number of nitrogens with zero attached hydrogens (tertiary/aromatic N) is 2. The van der Waals surface area contributed by atoms with Gasteiger partial charge in [0.15, 0.2) is 0 Å². The number of hydrogen-bond donors (Lipinski definition) is 2. The van der Waals surface area contributed by atoms with Crippen LogP contribution in [0, 0.1) is 13.8 Å². The SMILES string of the molecule is Cc1cc(C)cc(C(=O)N2CCC(NCc3ccnc4ccccc34)CC2C(O)c2ccc(Cl)cc2)c1. The average Bonchev–Trinajstić information content (AvgIpc) is 2.91. The van der Waals surface area contributed by atoms with Crippen LogP contribution in [0.1, 0.15) is 51.6 Å². The molecule has 1 amide bonds. The van der Waals surface area contributed by atoms with Crippen molar-refractivity contribution < 1.29 is 9.90 Å². The number of para-hydroxylation sites is 1. The van der Waals surface area contributed by atoms with Gasteiger partial charge in [0.25, 0.3) is 5.91 Å². The first-order chi connectivity index (χ1) is 17.9. The number of aryl methyl sites for hydroxylation is 2. The Hall–Kier alpha value is -3.25. The number of piperidine rings is 1. The molecule has 6 heteroatoms. The lowest BCUT2D eigenvalue weighted by Crippen LogP contribution is -2.53. The van der Waals surface area contributed by atoms with Crippen LogP contribution >= 0.6 is 11.6 Å². The molecule has 3 unspecified atom stereocenters. The maximum Gasteiger partial charge on any atom is 0.254 e. The Bertz CT molecular complexity index is 1380. The highest BCUT2D eigenvalue weighted by molar-refractivity contribution is 6.30. The molecule has 3 atom stereocenters. The predicted molar refractivity (Wildman–Crippen MR) is 149 cm³/mol. The first-order valence-corrected chi connectivity index (χ1v) is 13.2. The second kappa shape index (κ2) is 11.0. The summed E-state index contributed by atoms with van der Waals surface area (Å²) in [5.41, 5.74) is 5.70. The van der Waals surface area contributed by atoms with Crippen molar-refractivity contribution >= 4 is 28.4 Å². The average molecular weight is 514 g/mol. The monoisotopic (exact) mass is 513 g/mol. The third kappa shape index (κ3) is 5.69. The van der Waals surface area contributed by atoms with Crippen molar-refractivity contribution in [3.8, 4) is 0 Å². The molecular formula is C31H32ClN3O2. The molecule has 0 bridgehead atoms. The molecule has 5 rings (SSSR count). The quantitative estimate of drug-likeness (QED) is 0.332. The van der Waals surface area contributed by atoms with E-state index in [1.54, 1.807) is 12.1 Å². The van der Waals surface area contributed by atoms with E-state index >= 15 is 0 Å². The van der Waals surface area contributed by atoms with Gasteiger partial charge < -0.3 is 15.3 Å². The van der Waals surface area contributed by atoms with E-state index in [9.17, 15) is 9.90 Å². The van der Waals surface area contributed by atoms with E-state index in [2.05, 4.69) is 22.4 Å². The third-order valence-electron chi connectivity index (χ3n) is 7.27. The summed E-state index contributed by atoms with van der Waals surface area (Å²) < 4.78 is 0. The largest absolute Gasteiger partial charge is 0.386 e. The molecule has 0 spiro atoms. The number of fused-ring (bicyclic) bond motifs is 1. The fraction of sp³-hybridized carbons (Fsp3) is 0.290. The molecule has 2 N–H and O–H groups in total. The van der Waals surface area contributed by atoms with Crippen LogP contribution in [0.15, 0.2) is 79.0 Å². The van der Waals surface area contributed by atoms with Crippen LogP contribution in [0.3, 0.4) is 0 Å². The number of halogens is 1. The second-order valence-corrected chi connectivity index (χ2v) is 10.5. The van der Waals surface area contributed by atoms with Gasteiger partial charge in [0.05, 0.1) is 17.7 Å². The van der Waals surface area contributed by atoms with Gasteiger partial charge in [-0.15, -0.1) is 0 Å². The Morgan fingerprint density at radius 1 is 1.08 bits per heavy atom. The van der Waals surface area contributed by atoms with Crippen molar-refractivity contribution in [3.63, 3.8) is 0 Å². The summed E-state index contributed by atoms with van der Waals surface area (Å²) in [6, 6.07) is 23.2. The maximum absolute atomic E-state index is 13.7. The summed E-state index contributed by atoms with van der Waals surface area (Å²) in [6.07, 6.45) is 2.48. The highest BCUT2D eigenvalue weighted by Gasteiger charge is 2.37. The minimum Gasteiger partial charge on any atom is -0.386 e. The summed E-state index contributed by atoms with van der Waals surface area (Å²) in [6.45, 7) is 5.27. The number of rotatable bonds is 6. The molecule has 4 aromatic rings. The van der Waals surface area contributed by atoms with E-state index < -0.39 is 6.10 Å². The van der Waals surface area contributed by atoms with Gasteiger partial charge in [-0.1, -0.05) is 59.1 Å². The number of aromatic nitrogens is 1. The number of pyridine rings is 1. The van der Waals surface area contributed by atoms with Crippen LogP contribution in [0.2, 0.25) is 5.02 Å². The molecule has 1 saturated heterocycles. The van der Waals surface area contributed by atoms with Gasteiger partial charge in [-0.25, -0.2) is 0 Å². The minimum absolute atomic E-state index is 0.0385. The number of carbonyl (C=O) groups is 1. The topological polar surface area (TPSA) is 65.5 Å². The first kappa shape index (κ1) is 25.4. The lowest BCUT2D eigenvalue weighted by molar-refractivity contribution is 0.0144. The molecule has 37 heavy (non-hydrogen) atoms. The third-order valence-corrected chi connectivity index (χ3v) is 7.52. The normalized spacial score (nSPS) is 18.6. The summed E-state index contributed by atoms with van der Waals surface area (Å²) in [7, 11) is 0. The van der Waals surface area contributed by atoms with Crippen LogP contribution in [-0.2, 0) is 6.54 Å². The summed E-state index contributed by atoms with van der Waals surface area (Å²) in [4.78, 5) is 20.0. The molecule has 1 aromatic heterocycles. The smallest absolute Gasteiger partial charge is 0.254 e. The Morgan fingerprint density at radius 3 is 2.57 bits per heavy atom. The minimum atomic E-state index is -0.821. The van der Waals surface area contributed by atoms with Crippen LogP contribution in [0.5, 0.6) is 0 Å². The molecule has 1 aliphatic rings. The summed E-state index contributed by atoms with van der Waals surface area (Å²) in [5, 5.41) is 16.9. The molecule has 5 nitrogen and oxygen atoms in total. The van der Waals surface area contributed by atoms with Gasteiger partial charge in [-0.3, -0.25) is 9.78 Å². The molecule has 3 aromatic carbocycles. The van der Waals surface area contributed by atoms with Crippen LogP contribution in [0.4, 0.5) is 0 Å².